The smallest absolute Gasteiger partial charge is 0.310 e. The summed E-state index contributed by atoms with van der Waals surface area (Å²) >= 11 is 0. The first-order valence-corrected chi connectivity index (χ1v) is 6.78. The molecule has 3 rings (SSSR count). The summed E-state index contributed by atoms with van der Waals surface area (Å²) in [6, 6.07) is 7.19. The Morgan fingerprint density at radius 1 is 1.32 bits per heavy atom. The van der Waals surface area contributed by atoms with Gasteiger partial charge in [0, 0.05) is 18.0 Å². The predicted molar refractivity (Wildman–Crippen MR) is 69.2 cm³/mol. The Labute approximate surface area is 112 Å². The van der Waals surface area contributed by atoms with Crippen LogP contribution in [0.25, 0.3) is 0 Å². The van der Waals surface area contributed by atoms with Crippen LogP contribution in [0.1, 0.15) is 30.7 Å². The second kappa shape index (κ2) is 4.93. The van der Waals surface area contributed by atoms with Gasteiger partial charge in [0.25, 0.3) is 0 Å². The molecule has 0 saturated carbocycles. The number of hydrogen-bond donors (Lipinski definition) is 1. The van der Waals surface area contributed by atoms with Gasteiger partial charge in [-0.2, -0.15) is 0 Å². The summed E-state index contributed by atoms with van der Waals surface area (Å²) in [7, 11) is 1.44. The van der Waals surface area contributed by atoms with Crippen molar-refractivity contribution < 1.29 is 13.9 Å². The number of fused-ring (bicyclic) bond motifs is 2. The fourth-order valence-corrected chi connectivity index (χ4v) is 3.57. The first-order valence-electron chi connectivity index (χ1n) is 6.78. The number of methoxy groups -OCH3 is 1. The summed E-state index contributed by atoms with van der Waals surface area (Å²) in [5.41, 5.74) is 1.04. The predicted octanol–water partition coefficient (Wildman–Crippen LogP) is 2.22. The van der Waals surface area contributed by atoms with Crippen molar-refractivity contribution in [2.24, 2.45) is 5.92 Å². The number of carbonyl (C=O) groups excluding carboxylic acids is 1. The van der Waals surface area contributed by atoms with E-state index in [9.17, 15) is 9.18 Å². The Hall–Kier alpha value is -1.42. The number of rotatable bonds is 2. The first-order chi connectivity index (χ1) is 9.19. The highest BCUT2D eigenvalue weighted by molar-refractivity contribution is 5.75. The van der Waals surface area contributed by atoms with Crippen molar-refractivity contribution in [3.8, 4) is 0 Å². The zero-order chi connectivity index (χ0) is 13.4. The third kappa shape index (κ3) is 2.25. The third-order valence-electron chi connectivity index (χ3n) is 4.45. The fraction of sp³-hybridized carbons (Fsp3) is 0.533. The first kappa shape index (κ1) is 12.6. The zero-order valence-electron chi connectivity index (χ0n) is 10.9. The van der Waals surface area contributed by atoms with Gasteiger partial charge in [0.1, 0.15) is 5.82 Å². The number of carbonyl (C=O) groups is 1. The number of benzene rings is 1. The van der Waals surface area contributed by atoms with Crippen LogP contribution < -0.4 is 5.32 Å². The lowest BCUT2D eigenvalue weighted by atomic mass is 9.77. The van der Waals surface area contributed by atoms with E-state index in [4.69, 9.17) is 4.74 Å². The van der Waals surface area contributed by atoms with E-state index in [2.05, 4.69) is 5.32 Å². The number of esters is 1. The number of ether oxygens (including phenoxy) is 1. The lowest BCUT2D eigenvalue weighted by Gasteiger charge is -2.36. The van der Waals surface area contributed by atoms with Crippen LogP contribution in [-0.2, 0) is 9.53 Å². The Bertz CT molecular complexity index is 474. The van der Waals surface area contributed by atoms with Crippen LogP contribution in [0.15, 0.2) is 24.3 Å². The second-order valence-corrected chi connectivity index (χ2v) is 5.49. The standard InChI is InChI=1S/C15H18FNO2/c1-19-15(18)14-12(8-11-6-7-13(14)17-11)9-2-4-10(16)5-3-9/h2-5,11-14,17H,6-8H2,1H3/t11-,12+,13+,14-/m1/s1. The van der Waals surface area contributed by atoms with Crippen LogP contribution >= 0.6 is 0 Å². The van der Waals surface area contributed by atoms with Gasteiger partial charge < -0.3 is 10.1 Å². The molecule has 2 aliphatic heterocycles. The molecule has 3 nitrogen and oxygen atoms in total. The molecule has 2 aliphatic rings. The van der Waals surface area contributed by atoms with Gasteiger partial charge in [0.15, 0.2) is 0 Å². The van der Waals surface area contributed by atoms with E-state index in [1.54, 1.807) is 12.1 Å². The maximum atomic E-state index is 13.0. The van der Waals surface area contributed by atoms with E-state index in [-0.39, 0.29) is 29.7 Å². The molecule has 0 aliphatic carbocycles. The minimum absolute atomic E-state index is 0.131. The van der Waals surface area contributed by atoms with Crippen molar-refractivity contribution in [1.82, 2.24) is 5.32 Å². The fourth-order valence-electron chi connectivity index (χ4n) is 3.57. The Morgan fingerprint density at radius 3 is 2.74 bits per heavy atom. The summed E-state index contributed by atoms with van der Waals surface area (Å²) < 4.78 is 18.0. The topological polar surface area (TPSA) is 38.3 Å². The SMILES string of the molecule is COC(=O)[C@H]1[C@@H]2CC[C@H](C[C@H]1c1ccc(F)cc1)N2. The highest BCUT2D eigenvalue weighted by Gasteiger charge is 2.46. The van der Waals surface area contributed by atoms with E-state index in [0.29, 0.717) is 6.04 Å². The molecule has 1 aromatic rings. The summed E-state index contributed by atoms with van der Waals surface area (Å²) in [6.45, 7) is 0. The van der Waals surface area contributed by atoms with Crippen molar-refractivity contribution >= 4 is 5.97 Å². The molecule has 0 aromatic heterocycles. The van der Waals surface area contributed by atoms with Gasteiger partial charge in [-0.3, -0.25) is 4.79 Å². The zero-order valence-corrected chi connectivity index (χ0v) is 10.9. The molecule has 2 heterocycles. The molecule has 2 fully saturated rings. The van der Waals surface area contributed by atoms with Crippen molar-refractivity contribution in [2.45, 2.75) is 37.3 Å². The van der Waals surface area contributed by atoms with Gasteiger partial charge in [-0.25, -0.2) is 4.39 Å². The normalized spacial score (nSPS) is 33.2. The molecule has 4 atom stereocenters. The number of nitrogens with one attached hydrogen (secondary N) is 1. The van der Waals surface area contributed by atoms with Gasteiger partial charge in [-0.15, -0.1) is 0 Å². The monoisotopic (exact) mass is 263 g/mol. The minimum atomic E-state index is -0.240. The van der Waals surface area contributed by atoms with Crippen molar-refractivity contribution in [3.05, 3.63) is 35.6 Å². The molecule has 19 heavy (non-hydrogen) atoms. The molecular formula is C15H18FNO2. The molecule has 1 N–H and O–H groups in total. The quantitative estimate of drug-likeness (QED) is 0.831. The van der Waals surface area contributed by atoms with E-state index < -0.39 is 0 Å². The van der Waals surface area contributed by atoms with E-state index in [0.717, 1.165) is 24.8 Å². The van der Waals surface area contributed by atoms with Crippen LogP contribution in [0.4, 0.5) is 4.39 Å². The van der Waals surface area contributed by atoms with E-state index in [1.807, 2.05) is 0 Å². The number of hydrogen-bond acceptors (Lipinski definition) is 3. The lowest BCUT2D eigenvalue weighted by Crippen LogP contribution is -2.48. The lowest BCUT2D eigenvalue weighted by molar-refractivity contribution is -0.148. The maximum Gasteiger partial charge on any atom is 0.310 e. The van der Waals surface area contributed by atoms with Gasteiger partial charge in [-0.05, 0) is 37.0 Å². The molecule has 0 amide bonds. The minimum Gasteiger partial charge on any atom is -0.469 e. The Balaban J connectivity index is 1.92. The molecule has 102 valence electrons. The Kier molecular flexibility index (Phi) is 3.27. The van der Waals surface area contributed by atoms with Gasteiger partial charge in [0.2, 0.25) is 0 Å². The van der Waals surface area contributed by atoms with Crippen LogP contribution in [-0.4, -0.2) is 25.2 Å². The average Bonchev–Trinajstić information content (AvgIpc) is 2.80. The largest absolute Gasteiger partial charge is 0.469 e. The van der Waals surface area contributed by atoms with E-state index in [1.165, 1.54) is 19.2 Å². The maximum absolute atomic E-state index is 13.0. The molecule has 4 heteroatoms. The molecule has 2 bridgehead atoms. The number of halogens is 1. The molecule has 0 radical (unpaired) electrons. The van der Waals surface area contributed by atoms with Crippen LogP contribution in [0, 0.1) is 11.7 Å². The molecule has 0 spiro atoms. The highest BCUT2D eigenvalue weighted by Crippen LogP contribution is 2.42. The average molecular weight is 263 g/mol. The van der Waals surface area contributed by atoms with E-state index >= 15 is 0 Å². The van der Waals surface area contributed by atoms with Crippen LogP contribution in [0.3, 0.4) is 0 Å². The summed E-state index contributed by atoms with van der Waals surface area (Å²) in [5, 5.41) is 3.49. The summed E-state index contributed by atoms with van der Waals surface area (Å²) in [6.07, 6.45) is 3.04. The van der Waals surface area contributed by atoms with Gasteiger partial charge in [-0.1, -0.05) is 12.1 Å². The molecule has 1 aromatic carbocycles. The highest BCUT2D eigenvalue weighted by atomic mass is 19.1. The van der Waals surface area contributed by atoms with Crippen LogP contribution in [0.2, 0.25) is 0 Å². The van der Waals surface area contributed by atoms with Crippen molar-refractivity contribution in [3.63, 3.8) is 0 Å². The summed E-state index contributed by atoms with van der Waals surface area (Å²) in [5.74, 6) is -0.427. The molecular weight excluding hydrogens is 245 g/mol. The van der Waals surface area contributed by atoms with Gasteiger partial charge >= 0.3 is 5.97 Å². The summed E-state index contributed by atoms with van der Waals surface area (Å²) in [4.78, 5) is 12.1. The van der Waals surface area contributed by atoms with Crippen LogP contribution in [0.5, 0.6) is 0 Å². The second-order valence-electron chi connectivity index (χ2n) is 5.49. The number of piperidine rings is 1. The Morgan fingerprint density at radius 2 is 2.05 bits per heavy atom. The molecule has 2 saturated heterocycles. The van der Waals surface area contributed by atoms with Crippen molar-refractivity contribution in [1.29, 1.82) is 0 Å². The van der Waals surface area contributed by atoms with Gasteiger partial charge in [0.05, 0.1) is 13.0 Å². The third-order valence-corrected chi connectivity index (χ3v) is 4.45. The van der Waals surface area contributed by atoms with Crippen molar-refractivity contribution in [2.75, 3.05) is 7.11 Å². The molecule has 0 unspecified atom stereocenters.